The number of hydrogen-bond acceptors (Lipinski definition) is 6. The maximum atomic E-state index is 13.5. The fraction of sp³-hybridized carbons (Fsp3) is 0.385. The highest BCUT2D eigenvalue weighted by Crippen LogP contribution is 2.21. The van der Waals surface area contributed by atoms with Gasteiger partial charge in [-0.15, -0.1) is 5.10 Å². The topological polar surface area (TPSA) is 88.9 Å². The molecule has 3 heterocycles. The van der Waals surface area contributed by atoms with Crippen molar-refractivity contribution in [2.24, 2.45) is 0 Å². The molecule has 0 bridgehead atoms. The van der Waals surface area contributed by atoms with Crippen molar-refractivity contribution in [1.29, 1.82) is 0 Å². The molecule has 8 nitrogen and oxygen atoms in total. The first-order valence-corrected chi connectivity index (χ1v) is 11.9. The van der Waals surface area contributed by atoms with Crippen molar-refractivity contribution in [1.82, 2.24) is 30.1 Å². The minimum atomic E-state index is -0.280. The lowest BCUT2D eigenvalue weighted by molar-refractivity contribution is 0.0914. The highest BCUT2D eigenvalue weighted by Gasteiger charge is 2.21. The summed E-state index contributed by atoms with van der Waals surface area (Å²) in [6, 6.07) is 12.5. The van der Waals surface area contributed by atoms with Crippen molar-refractivity contribution in [2.75, 3.05) is 6.61 Å². The summed E-state index contributed by atoms with van der Waals surface area (Å²) in [6.45, 7) is 6.73. The first-order valence-electron chi connectivity index (χ1n) is 11.9. The molecule has 1 fully saturated rings. The van der Waals surface area contributed by atoms with Crippen molar-refractivity contribution in [2.45, 2.75) is 59.0 Å². The SMILES string of the molecule is Cc1ccc(C)c2[nH]c(=O)c(CN(Cc3ccc(F)cc3)Cc3nnnn3CC3CCCO3)cc12. The molecule has 5 rings (SSSR count). The molecule has 1 aliphatic rings. The Balaban J connectivity index is 1.45. The third-order valence-corrected chi connectivity index (χ3v) is 6.61. The number of fused-ring (bicyclic) bond motifs is 1. The second-order valence-electron chi connectivity index (χ2n) is 9.30. The number of hydrogen-bond donors (Lipinski definition) is 1. The number of tetrazole rings is 1. The van der Waals surface area contributed by atoms with E-state index < -0.39 is 0 Å². The van der Waals surface area contributed by atoms with E-state index in [1.54, 1.807) is 16.8 Å². The maximum absolute atomic E-state index is 13.5. The van der Waals surface area contributed by atoms with E-state index >= 15 is 0 Å². The summed E-state index contributed by atoms with van der Waals surface area (Å²) in [4.78, 5) is 18.2. The number of halogens is 1. The molecule has 35 heavy (non-hydrogen) atoms. The van der Waals surface area contributed by atoms with E-state index in [0.717, 1.165) is 47.0 Å². The van der Waals surface area contributed by atoms with Gasteiger partial charge in [-0.1, -0.05) is 24.3 Å². The Kier molecular flexibility index (Phi) is 6.70. The number of nitrogens with zero attached hydrogens (tertiary/aromatic N) is 5. The van der Waals surface area contributed by atoms with E-state index in [-0.39, 0.29) is 17.5 Å². The van der Waals surface area contributed by atoms with Crippen LogP contribution in [0.2, 0.25) is 0 Å². The van der Waals surface area contributed by atoms with Crippen molar-refractivity contribution in [3.8, 4) is 0 Å². The molecule has 4 aromatic rings. The smallest absolute Gasteiger partial charge is 0.252 e. The summed E-state index contributed by atoms with van der Waals surface area (Å²) in [5, 5.41) is 13.3. The predicted molar refractivity (Wildman–Crippen MR) is 130 cm³/mol. The summed E-state index contributed by atoms with van der Waals surface area (Å²) in [6.07, 6.45) is 2.14. The van der Waals surface area contributed by atoms with Gasteiger partial charge >= 0.3 is 0 Å². The monoisotopic (exact) mass is 476 g/mol. The van der Waals surface area contributed by atoms with E-state index in [9.17, 15) is 9.18 Å². The number of rotatable bonds is 8. The van der Waals surface area contributed by atoms with Gasteiger partial charge in [-0.3, -0.25) is 9.69 Å². The molecule has 0 aliphatic carbocycles. The van der Waals surface area contributed by atoms with Gasteiger partial charge in [0.2, 0.25) is 0 Å². The van der Waals surface area contributed by atoms with Gasteiger partial charge in [0.05, 0.1) is 24.7 Å². The second kappa shape index (κ2) is 10.1. The molecular formula is C26H29FN6O2. The van der Waals surface area contributed by atoms with Crippen LogP contribution in [0.1, 0.15) is 40.9 Å². The van der Waals surface area contributed by atoms with Crippen molar-refractivity contribution in [3.63, 3.8) is 0 Å². The fourth-order valence-electron chi connectivity index (χ4n) is 4.65. The number of ether oxygens (including phenoxy) is 1. The Morgan fingerprint density at radius 2 is 1.91 bits per heavy atom. The lowest BCUT2D eigenvalue weighted by Gasteiger charge is -2.22. The molecule has 182 valence electrons. The Morgan fingerprint density at radius 1 is 1.11 bits per heavy atom. The molecule has 9 heteroatoms. The van der Waals surface area contributed by atoms with Gasteiger partial charge in [-0.25, -0.2) is 9.07 Å². The van der Waals surface area contributed by atoms with Crippen LogP contribution in [0.4, 0.5) is 4.39 Å². The highest BCUT2D eigenvalue weighted by atomic mass is 19.1. The van der Waals surface area contributed by atoms with Gasteiger partial charge in [0, 0.05) is 30.6 Å². The van der Waals surface area contributed by atoms with E-state index in [1.807, 2.05) is 26.0 Å². The Morgan fingerprint density at radius 3 is 2.69 bits per heavy atom. The van der Waals surface area contributed by atoms with E-state index in [2.05, 4.69) is 31.5 Å². The molecule has 2 aromatic heterocycles. The molecule has 0 amide bonds. The summed E-state index contributed by atoms with van der Waals surface area (Å²) in [7, 11) is 0. The number of aromatic amines is 1. The van der Waals surface area contributed by atoms with Crippen LogP contribution >= 0.6 is 0 Å². The Hall–Kier alpha value is -3.43. The van der Waals surface area contributed by atoms with Crippen LogP contribution in [0.25, 0.3) is 10.9 Å². The summed E-state index contributed by atoms with van der Waals surface area (Å²) in [5.74, 6) is 0.421. The van der Waals surface area contributed by atoms with Gasteiger partial charge in [0.15, 0.2) is 5.82 Å². The molecule has 0 radical (unpaired) electrons. The number of pyridine rings is 1. The third kappa shape index (κ3) is 5.31. The van der Waals surface area contributed by atoms with Gasteiger partial charge in [0.1, 0.15) is 5.82 Å². The number of nitrogens with one attached hydrogen (secondary N) is 1. The Bertz CT molecular complexity index is 1380. The zero-order chi connectivity index (χ0) is 24.4. The maximum Gasteiger partial charge on any atom is 0.252 e. The van der Waals surface area contributed by atoms with Crippen LogP contribution in [0.3, 0.4) is 0 Å². The van der Waals surface area contributed by atoms with Gasteiger partial charge in [-0.2, -0.15) is 0 Å². The molecule has 1 unspecified atom stereocenters. The number of aryl methyl sites for hydroxylation is 2. The molecule has 0 spiro atoms. The van der Waals surface area contributed by atoms with Crippen LogP contribution in [0.5, 0.6) is 0 Å². The lowest BCUT2D eigenvalue weighted by atomic mass is 10.0. The average molecular weight is 477 g/mol. The van der Waals surface area contributed by atoms with Crippen molar-refractivity contribution < 1.29 is 9.13 Å². The van der Waals surface area contributed by atoms with Crippen LogP contribution in [-0.2, 0) is 30.9 Å². The highest BCUT2D eigenvalue weighted by molar-refractivity contribution is 5.85. The van der Waals surface area contributed by atoms with Crippen LogP contribution in [0.15, 0.2) is 47.3 Å². The molecule has 1 atom stereocenters. The van der Waals surface area contributed by atoms with Crippen molar-refractivity contribution >= 4 is 10.9 Å². The third-order valence-electron chi connectivity index (χ3n) is 6.61. The van der Waals surface area contributed by atoms with Crippen LogP contribution in [-0.4, -0.2) is 42.8 Å². The first kappa shape index (κ1) is 23.3. The van der Waals surface area contributed by atoms with Crippen molar-refractivity contribution in [3.05, 3.63) is 86.7 Å². The standard InChI is InChI=1S/C26H29FN6O2/c1-17-5-6-18(2)25-23(17)12-20(26(34)28-25)14-32(13-19-7-9-21(27)10-8-19)16-24-29-30-31-33(24)15-22-4-3-11-35-22/h5-10,12,22H,3-4,11,13-16H2,1-2H3,(H,28,34). The minimum absolute atomic E-state index is 0.109. The van der Waals surface area contributed by atoms with E-state index in [1.165, 1.54) is 12.1 Å². The number of aromatic nitrogens is 5. The number of benzene rings is 2. The molecule has 1 saturated heterocycles. The van der Waals surface area contributed by atoms with Crippen LogP contribution < -0.4 is 5.56 Å². The van der Waals surface area contributed by atoms with Crippen LogP contribution in [0, 0.1) is 19.7 Å². The number of H-pyrrole nitrogens is 1. The zero-order valence-electron chi connectivity index (χ0n) is 20.0. The average Bonchev–Trinajstić information content (AvgIpc) is 3.51. The summed E-state index contributed by atoms with van der Waals surface area (Å²) in [5.41, 5.74) is 4.48. The Labute approximate surface area is 202 Å². The first-order chi connectivity index (χ1) is 17.0. The molecule has 1 aliphatic heterocycles. The second-order valence-corrected chi connectivity index (χ2v) is 9.30. The predicted octanol–water partition coefficient (Wildman–Crippen LogP) is 3.65. The van der Waals surface area contributed by atoms with E-state index in [4.69, 9.17) is 4.74 Å². The summed E-state index contributed by atoms with van der Waals surface area (Å²) < 4.78 is 21.0. The lowest BCUT2D eigenvalue weighted by Crippen LogP contribution is -2.29. The minimum Gasteiger partial charge on any atom is -0.376 e. The zero-order valence-corrected chi connectivity index (χ0v) is 20.0. The quantitative estimate of drug-likeness (QED) is 0.418. The fourth-order valence-corrected chi connectivity index (χ4v) is 4.65. The molecular weight excluding hydrogens is 447 g/mol. The molecule has 0 saturated carbocycles. The van der Waals surface area contributed by atoms with Gasteiger partial charge in [-0.05, 0) is 72.0 Å². The van der Waals surface area contributed by atoms with Gasteiger partial charge < -0.3 is 9.72 Å². The summed E-state index contributed by atoms with van der Waals surface area (Å²) >= 11 is 0. The normalized spacial score (nSPS) is 15.9. The van der Waals surface area contributed by atoms with Gasteiger partial charge in [0.25, 0.3) is 5.56 Å². The van der Waals surface area contributed by atoms with E-state index in [0.29, 0.717) is 37.6 Å². The molecule has 1 N–H and O–H groups in total. The largest absolute Gasteiger partial charge is 0.376 e. The molecule has 2 aromatic carbocycles.